The molecule has 146 valence electrons. The van der Waals surface area contributed by atoms with E-state index < -0.39 is 0 Å². The van der Waals surface area contributed by atoms with E-state index in [2.05, 4.69) is 15.9 Å². The Hall–Kier alpha value is -0.620. The Kier molecular flexibility index (Phi) is 5.10. The summed E-state index contributed by atoms with van der Waals surface area (Å²) < 4.78 is 10.6. The lowest BCUT2D eigenvalue weighted by Gasteiger charge is -2.60. The Labute approximate surface area is 164 Å². The zero-order chi connectivity index (χ0) is 18.4. The summed E-state index contributed by atoms with van der Waals surface area (Å²) in [6, 6.07) is 0.0993. The number of amides is 1. The van der Waals surface area contributed by atoms with Crippen LogP contribution in [0.5, 0.6) is 0 Å². The number of hydrogen-bond acceptors (Lipinski definition) is 4. The molecular formula is C20H30BrNO4. The van der Waals surface area contributed by atoms with Crippen LogP contribution in [0.1, 0.15) is 57.8 Å². The Morgan fingerprint density at radius 3 is 2.38 bits per heavy atom. The minimum atomic E-state index is -0.327. The Morgan fingerprint density at radius 2 is 1.81 bits per heavy atom. The van der Waals surface area contributed by atoms with Gasteiger partial charge in [-0.2, -0.15) is 0 Å². The van der Waals surface area contributed by atoms with Gasteiger partial charge in [0, 0.05) is 30.0 Å². The summed E-state index contributed by atoms with van der Waals surface area (Å²) >= 11 is 4.03. The highest BCUT2D eigenvalue weighted by molar-refractivity contribution is 9.10. The third-order valence-electron chi connectivity index (χ3n) is 7.12. The quantitative estimate of drug-likeness (QED) is 0.498. The lowest BCUT2D eigenvalue weighted by Crippen LogP contribution is -2.55. The smallest absolute Gasteiger partial charge is 0.325 e. The number of halogens is 1. The maximum absolute atomic E-state index is 13.3. The first-order valence-electron chi connectivity index (χ1n) is 10.0. The SMILES string of the molecule is COC(=O)CN(C(=O)CC12C[C@H]3C[C@@H](CC(Br)(C3)C1)C2)C1CCOCC1. The molecule has 4 bridgehead atoms. The van der Waals surface area contributed by atoms with Crippen molar-refractivity contribution in [3.8, 4) is 0 Å². The topological polar surface area (TPSA) is 55.8 Å². The van der Waals surface area contributed by atoms with Gasteiger partial charge in [-0.3, -0.25) is 9.59 Å². The van der Waals surface area contributed by atoms with Crippen molar-refractivity contribution in [3.05, 3.63) is 0 Å². The van der Waals surface area contributed by atoms with E-state index in [0.29, 0.717) is 19.6 Å². The molecule has 0 aromatic heterocycles. The van der Waals surface area contributed by atoms with Gasteiger partial charge >= 0.3 is 5.97 Å². The lowest BCUT2D eigenvalue weighted by molar-refractivity contribution is -0.153. The van der Waals surface area contributed by atoms with Crippen molar-refractivity contribution in [1.82, 2.24) is 4.90 Å². The van der Waals surface area contributed by atoms with Gasteiger partial charge in [0.15, 0.2) is 0 Å². The zero-order valence-electron chi connectivity index (χ0n) is 15.7. The van der Waals surface area contributed by atoms with E-state index in [9.17, 15) is 9.59 Å². The molecule has 6 heteroatoms. The summed E-state index contributed by atoms with van der Waals surface area (Å²) in [4.78, 5) is 27.1. The number of alkyl halides is 1. The maximum Gasteiger partial charge on any atom is 0.325 e. The Bertz CT molecular complexity index is 560. The van der Waals surface area contributed by atoms with Crippen LogP contribution in [0.3, 0.4) is 0 Å². The van der Waals surface area contributed by atoms with Crippen molar-refractivity contribution in [1.29, 1.82) is 0 Å². The standard InChI is InChI=1S/C20H30BrNO4/c1-25-18(24)12-22(16-2-4-26-5-3-16)17(23)11-19-7-14-6-15(8-19)10-20(21,9-14)13-19/h14-16H,2-13H2,1H3/t14-,15-,19?,20?/m1/s1. The van der Waals surface area contributed by atoms with E-state index in [-0.39, 0.29) is 34.2 Å². The molecule has 26 heavy (non-hydrogen) atoms. The van der Waals surface area contributed by atoms with Crippen molar-refractivity contribution >= 4 is 27.8 Å². The molecule has 0 spiro atoms. The number of hydrogen-bond donors (Lipinski definition) is 0. The Balaban J connectivity index is 1.49. The van der Waals surface area contributed by atoms with Gasteiger partial charge in [0.25, 0.3) is 0 Å². The van der Waals surface area contributed by atoms with Crippen LogP contribution in [0, 0.1) is 17.3 Å². The lowest BCUT2D eigenvalue weighted by atomic mass is 9.48. The molecule has 0 aromatic carbocycles. The van der Waals surface area contributed by atoms with Gasteiger partial charge in [-0.15, -0.1) is 0 Å². The fourth-order valence-corrected chi connectivity index (χ4v) is 8.10. The molecule has 5 fully saturated rings. The summed E-state index contributed by atoms with van der Waals surface area (Å²) in [5, 5.41) is 0. The second-order valence-corrected chi connectivity index (χ2v) is 10.9. The normalized spacial score (nSPS) is 39.0. The first kappa shape index (κ1) is 18.7. The van der Waals surface area contributed by atoms with Crippen LogP contribution >= 0.6 is 15.9 Å². The Morgan fingerprint density at radius 1 is 1.15 bits per heavy atom. The molecule has 0 radical (unpaired) electrons. The van der Waals surface area contributed by atoms with Crippen molar-refractivity contribution in [2.45, 2.75) is 68.2 Å². The number of nitrogens with zero attached hydrogens (tertiary/aromatic N) is 1. The molecule has 4 aliphatic carbocycles. The number of carbonyl (C=O) groups excluding carboxylic acids is 2. The molecule has 0 aromatic rings. The van der Waals surface area contributed by atoms with Gasteiger partial charge in [0.2, 0.25) is 5.91 Å². The third-order valence-corrected chi connectivity index (χ3v) is 8.04. The molecule has 0 N–H and O–H groups in total. The second-order valence-electron chi connectivity index (χ2n) is 9.23. The molecule has 2 atom stereocenters. The summed E-state index contributed by atoms with van der Waals surface area (Å²) in [5.41, 5.74) is 0.129. The molecule has 1 heterocycles. The first-order chi connectivity index (χ1) is 12.4. The summed E-state index contributed by atoms with van der Waals surface area (Å²) in [7, 11) is 1.39. The number of esters is 1. The van der Waals surface area contributed by atoms with Gasteiger partial charge in [-0.25, -0.2) is 0 Å². The van der Waals surface area contributed by atoms with Crippen molar-refractivity contribution < 1.29 is 19.1 Å². The highest BCUT2D eigenvalue weighted by atomic mass is 79.9. The maximum atomic E-state index is 13.3. The molecule has 5 rings (SSSR count). The summed E-state index contributed by atoms with van der Waals surface area (Å²) in [6.07, 6.45) is 9.56. The van der Waals surface area contributed by atoms with E-state index in [4.69, 9.17) is 9.47 Å². The predicted octanol–water partition coefficient (Wildman–Crippen LogP) is 3.29. The van der Waals surface area contributed by atoms with Crippen molar-refractivity contribution in [2.24, 2.45) is 17.3 Å². The summed E-state index contributed by atoms with van der Waals surface area (Å²) in [6.45, 7) is 1.40. The highest BCUT2D eigenvalue weighted by Gasteiger charge is 2.57. The zero-order valence-corrected chi connectivity index (χ0v) is 17.3. The number of rotatable bonds is 5. The van der Waals surface area contributed by atoms with Gasteiger partial charge in [0.05, 0.1) is 7.11 Å². The van der Waals surface area contributed by atoms with Crippen LogP contribution in [-0.4, -0.2) is 54.0 Å². The first-order valence-corrected chi connectivity index (χ1v) is 10.8. The van der Waals surface area contributed by atoms with Crippen LogP contribution < -0.4 is 0 Å². The average molecular weight is 428 g/mol. The van der Waals surface area contributed by atoms with Gasteiger partial charge < -0.3 is 14.4 Å². The largest absolute Gasteiger partial charge is 0.468 e. The van der Waals surface area contributed by atoms with E-state index in [1.165, 1.54) is 39.2 Å². The van der Waals surface area contributed by atoms with E-state index in [1.807, 2.05) is 0 Å². The van der Waals surface area contributed by atoms with Crippen LogP contribution in [0.4, 0.5) is 0 Å². The second kappa shape index (κ2) is 7.08. The van der Waals surface area contributed by atoms with Crippen LogP contribution in [0.2, 0.25) is 0 Å². The highest BCUT2D eigenvalue weighted by Crippen LogP contribution is 2.65. The third kappa shape index (κ3) is 3.68. The van der Waals surface area contributed by atoms with Crippen LogP contribution in [0.15, 0.2) is 0 Å². The van der Waals surface area contributed by atoms with Gasteiger partial charge in [-0.05, 0) is 68.6 Å². The molecule has 1 amide bonds. The minimum Gasteiger partial charge on any atom is -0.468 e. The fourth-order valence-electron chi connectivity index (χ4n) is 6.59. The van der Waals surface area contributed by atoms with Crippen LogP contribution in [0.25, 0.3) is 0 Å². The predicted molar refractivity (Wildman–Crippen MR) is 101 cm³/mol. The molecule has 5 aliphatic rings. The van der Waals surface area contributed by atoms with Gasteiger partial charge in [-0.1, -0.05) is 15.9 Å². The molecule has 0 unspecified atom stereocenters. The molecule has 1 saturated heterocycles. The average Bonchev–Trinajstić information content (AvgIpc) is 2.57. The van der Waals surface area contributed by atoms with Crippen molar-refractivity contribution in [3.63, 3.8) is 0 Å². The number of methoxy groups -OCH3 is 1. The molecular weight excluding hydrogens is 398 g/mol. The van der Waals surface area contributed by atoms with E-state index >= 15 is 0 Å². The molecule has 4 saturated carbocycles. The number of carbonyl (C=O) groups is 2. The monoisotopic (exact) mass is 427 g/mol. The fraction of sp³-hybridized carbons (Fsp3) is 0.900. The minimum absolute atomic E-state index is 0.0718. The summed E-state index contributed by atoms with van der Waals surface area (Å²) in [5.74, 6) is 1.34. The molecule has 1 aliphatic heterocycles. The number of ether oxygens (including phenoxy) is 2. The van der Waals surface area contributed by atoms with E-state index in [1.54, 1.807) is 4.90 Å². The van der Waals surface area contributed by atoms with Crippen molar-refractivity contribution in [2.75, 3.05) is 26.9 Å². The van der Waals surface area contributed by atoms with E-state index in [0.717, 1.165) is 31.1 Å². The van der Waals surface area contributed by atoms with Crippen LogP contribution in [-0.2, 0) is 19.1 Å². The molecule has 5 nitrogen and oxygen atoms in total. The van der Waals surface area contributed by atoms with Gasteiger partial charge in [0.1, 0.15) is 6.54 Å².